The molecular weight excluding hydrogens is 465 g/mol. The van der Waals surface area contributed by atoms with Crippen LogP contribution in [0.25, 0.3) is 0 Å². The van der Waals surface area contributed by atoms with Crippen LogP contribution < -0.4 is 15.8 Å². The number of primary amides is 1. The van der Waals surface area contributed by atoms with Gasteiger partial charge in [0.2, 0.25) is 5.82 Å². The van der Waals surface area contributed by atoms with E-state index in [4.69, 9.17) is 19.9 Å². The quantitative estimate of drug-likeness (QED) is 0.636. The van der Waals surface area contributed by atoms with E-state index in [1.807, 2.05) is 0 Å². The van der Waals surface area contributed by atoms with Crippen LogP contribution in [0.2, 0.25) is 0 Å². The van der Waals surface area contributed by atoms with E-state index in [0.29, 0.717) is 11.3 Å². The van der Waals surface area contributed by atoms with E-state index in [9.17, 15) is 26.7 Å². The number of ether oxygens (including phenoxy) is 3. The minimum absolute atomic E-state index is 0.00984. The first-order chi connectivity index (χ1) is 15.9. The number of nitrogens with two attached hydrogens (primary N) is 1. The van der Waals surface area contributed by atoms with Crippen LogP contribution in [-0.4, -0.2) is 42.1 Å². The minimum atomic E-state index is -4.78. The molecule has 1 fully saturated rings. The van der Waals surface area contributed by atoms with Crippen molar-refractivity contribution in [2.24, 2.45) is 11.7 Å². The van der Waals surface area contributed by atoms with Crippen molar-refractivity contribution >= 4 is 11.6 Å². The van der Waals surface area contributed by atoms with Gasteiger partial charge in [0, 0.05) is 34.8 Å². The van der Waals surface area contributed by atoms with E-state index in [2.05, 4.69) is 10.3 Å². The third kappa shape index (κ3) is 3.74. The fourth-order valence-corrected chi connectivity index (χ4v) is 4.55. The van der Waals surface area contributed by atoms with Crippen molar-refractivity contribution in [3.05, 3.63) is 52.9 Å². The number of amides is 1. The number of rotatable bonds is 4. The first-order valence-corrected chi connectivity index (χ1v) is 10.3. The number of halogens is 5. The van der Waals surface area contributed by atoms with Gasteiger partial charge < -0.3 is 25.3 Å². The zero-order valence-corrected chi connectivity index (χ0v) is 18.4. The summed E-state index contributed by atoms with van der Waals surface area (Å²) in [6.07, 6.45) is -5.84. The highest BCUT2D eigenvalue weighted by Gasteiger charge is 2.66. The predicted octanol–water partition coefficient (Wildman–Crippen LogP) is 3.88. The van der Waals surface area contributed by atoms with Gasteiger partial charge in [0.05, 0.1) is 13.7 Å². The molecule has 12 heteroatoms. The fourth-order valence-electron chi connectivity index (χ4n) is 4.55. The first kappa shape index (κ1) is 24.1. The highest BCUT2D eigenvalue weighted by molar-refractivity contribution is 5.91. The van der Waals surface area contributed by atoms with Crippen molar-refractivity contribution in [2.45, 2.75) is 50.5 Å². The second kappa shape index (κ2) is 8.35. The number of nitrogens with zero attached hydrogens (tertiary/aromatic N) is 1. The molecule has 1 aromatic carbocycles. The molecule has 0 radical (unpaired) electrons. The summed E-state index contributed by atoms with van der Waals surface area (Å²) in [6, 6.07) is 3.37. The van der Waals surface area contributed by atoms with E-state index in [0.717, 1.165) is 20.1 Å². The van der Waals surface area contributed by atoms with Gasteiger partial charge in [-0.3, -0.25) is 9.78 Å². The summed E-state index contributed by atoms with van der Waals surface area (Å²) in [6.45, 7) is 2.19. The number of pyridine rings is 1. The second-order valence-electron chi connectivity index (χ2n) is 8.45. The van der Waals surface area contributed by atoms with Crippen LogP contribution in [0.15, 0.2) is 24.4 Å². The van der Waals surface area contributed by atoms with Crippen LogP contribution in [-0.2, 0) is 16.1 Å². The average Bonchev–Trinajstić information content (AvgIpc) is 3.06. The average molecular weight is 487 g/mol. The van der Waals surface area contributed by atoms with Crippen LogP contribution in [0.5, 0.6) is 5.75 Å². The maximum absolute atomic E-state index is 14.5. The second-order valence-corrected chi connectivity index (χ2v) is 8.45. The summed E-state index contributed by atoms with van der Waals surface area (Å²) >= 11 is 0. The Kier molecular flexibility index (Phi) is 5.93. The summed E-state index contributed by atoms with van der Waals surface area (Å²) < 4.78 is 87.1. The summed E-state index contributed by atoms with van der Waals surface area (Å²) in [5, 5.41) is 2.94. The molecule has 1 aromatic heterocycles. The van der Waals surface area contributed by atoms with Crippen LogP contribution in [0.4, 0.5) is 27.6 Å². The fraction of sp³-hybridized carbons (Fsp3) is 0.455. The lowest BCUT2D eigenvalue weighted by Gasteiger charge is -2.35. The van der Waals surface area contributed by atoms with Crippen molar-refractivity contribution in [1.82, 2.24) is 4.98 Å². The van der Waals surface area contributed by atoms with Gasteiger partial charge in [0.1, 0.15) is 11.8 Å². The summed E-state index contributed by atoms with van der Waals surface area (Å²) in [5.74, 6) is -6.14. The van der Waals surface area contributed by atoms with Gasteiger partial charge in [-0.05, 0) is 19.1 Å². The number of carbonyl (C=O) groups is 1. The van der Waals surface area contributed by atoms with Gasteiger partial charge in [0.15, 0.2) is 23.4 Å². The molecule has 3 heterocycles. The molecule has 1 unspecified atom stereocenters. The van der Waals surface area contributed by atoms with E-state index in [1.165, 1.54) is 25.3 Å². The highest BCUT2D eigenvalue weighted by atomic mass is 19.4. The topological polar surface area (TPSA) is 95.7 Å². The van der Waals surface area contributed by atoms with E-state index < -0.39 is 59.2 Å². The van der Waals surface area contributed by atoms with Gasteiger partial charge >= 0.3 is 6.18 Å². The molecule has 3 N–H and O–H groups in total. The Morgan fingerprint density at radius 1 is 1.32 bits per heavy atom. The third-order valence-electron chi connectivity index (χ3n) is 6.60. The smallest absolute Gasteiger partial charge is 0.417 e. The molecule has 5 atom stereocenters. The van der Waals surface area contributed by atoms with Gasteiger partial charge in [-0.2, -0.15) is 17.6 Å². The van der Waals surface area contributed by atoms with Crippen molar-refractivity contribution in [3.8, 4) is 5.75 Å². The van der Waals surface area contributed by atoms with Crippen molar-refractivity contribution < 1.29 is 41.0 Å². The minimum Gasteiger partial charge on any atom is -0.493 e. The number of benzene rings is 1. The molecule has 0 saturated carbocycles. The Bertz CT molecular complexity index is 1130. The Balaban J connectivity index is 1.79. The Morgan fingerprint density at radius 3 is 2.65 bits per heavy atom. The lowest BCUT2D eigenvalue weighted by molar-refractivity contribution is -0.280. The maximum Gasteiger partial charge on any atom is 0.417 e. The molecule has 7 nitrogen and oxygen atoms in total. The molecule has 0 aliphatic carbocycles. The standard InChI is InChI=1S/C22H22F5N3O4/c1-9-15(11-4-5-12(23)16(24)17(11)32-3)18(34-21(9,2)22(25,26)27)20-30-13-6-14(19(28)31)29-7-10(13)8-33-20/h4-7,9,15,18,20,30H,8H2,1-3H3,(H2,28,31)/t9-,15-,18?,20+,21+/m0/s1. The Morgan fingerprint density at radius 2 is 2.03 bits per heavy atom. The molecule has 2 aliphatic heterocycles. The number of alkyl halides is 3. The molecule has 0 spiro atoms. The number of anilines is 1. The monoisotopic (exact) mass is 487 g/mol. The normalized spacial score (nSPS) is 28.8. The molecule has 2 aliphatic rings. The largest absolute Gasteiger partial charge is 0.493 e. The molecule has 4 rings (SSSR count). The number of fused-ring (bicyclic) bond motifs is 1. The molecule has 1 amide bonds. The number of hydrogen-bond donors (Lipinski definition) is 2. The van der Waals surface area contributed by atoms with Crippen LogP contribution >= 0.6 is 0 Å². The van der Waals surface area contributed by atoms with Crippen LogP contribution in [0.3, 0.4) is 0 Å². The lowest BCUT2D eigenvalue weighted by Crippen LogP contribution is -2.48. The Hall–Kier alpha value is -2.99. The molecule has 0 bridgehead atoms. The molecule has 1 saturated heterocycles. The van der Waals surface area contributed by atoms with Crippen molar-refractivity contribution in [1.29, 1.82) is 0 Å². The van der Waals surface area contributed by atoms with Crippen LogP contribution in [0, 0.1) is 17.6 Å². The predicted molar refractivity (Wildman–Crippen MR) is 109 cm³/mol. The van der Waals surface area contributed by atoms with Crippen molar-refractivity contribution in [3.63, 3.8) is 0 Å². The zero-order valence-electron chi connectivity index (χ0n) is 18.4. The van der Waals surface area contributed by atoms with E-state index >= 15 is 0 Å². The van der Waals surface area contributed by atoms with Gasteiger partial charge in [-0.15, -0.1) is 0 Å². The molecule has 2 aromatic rings. The maximum atomic E-state index is 14.5. The summed E-state index contributed by atoms with van der Waals surface area (Å²) in [7, 11) is 1.10. The zero-order chi connectivity index (χ0) is 25.0. The number of nitrogens with one attached hydrogen (secondary N) is 1. The Labute approximate surface area is 191 Å². The SMILES string of the molecule is COc1c([C@H]2C([C@@H]3Nc4cc(C(N)=O)ncc4CO3)O[C@@](C)(C(F)(F)F)[C@H]2C)ccc(F)c1F. The number of hydrogen-bond acceptors (Lipinski definition) is 6. The van der Waals surface area contributed by atoms with E-state index in [1.54, 1.807) is 0 Å². The lowest BCUT2D eigenvalue weighted by atomic mass is 9.76. The molecule has 184 valence electrons. The number of aromatic nitrogens is 1. The summed E-state index contributed by atoms with van der Waals surface area (Å²) in [4.78, 5) is 15.4. The van der Waals surface area contributed by atoms with E-state index in [-0.39, 0.29) is 17.9 Å². The van der Waals surface area contributed by atoms with Gasteiger partial charge in [-0.1, -0.05) is 13.0 Å². The number of methoxy groups -OCH3 is 1. The summed E-state index contributed by atoms with van der Waals surface area (Å²) in [5.41, 5.74) is 3.54. The third-order valence-corrected chi connectivity index (χ3v) is 6.60. The van der Waals surface area contributed by atoms with Gasteiger partial charge in [0.25, 0.3) is 5.91 Å². The van der Waals surface area contributed by atoms with Crippen LogP contribution in [0.1, 0.15) is 41.4 Å². The number of carbonyl (C=O) groups excluding carboxylic acids is 1. The first-order valence-electron chi connectivity index (χ1n) is 10.3. The molecular formula is C22H22F5N3O4. The van der Waals surface area contributed by atoms with Gasteiger partial charge in [-0.25, -0.2) is 4.39 Å². The highest BCUT2D eigenvalue weighted by Crippen LogP contribution is 2.56. The van der Waals surface area contributed by atoms with Crippen molar-refractivity contribution in [2.75, 3.05) is 12.4 Å². The molecule has 34 heavy (non-hydrogen) atoms.